The zero-order valence-electron chi connectivity index (χ0n) is 12.0. The monoisotopic (exact) mass is 292 g/mol. The van der Waals surface area contributed by atoms with Crippen LogP contribution in [0.1, 0.15) is 44.8 Å². The summed E-state index contributed by atoms with van der Waals surface area (Å²) in [6, 6.07) is 8.06. The third kappa shape index (κ3) is 2.33. The minimum absolute atomic E-state index is 0.0136. The summed E-state index contributed by atoms with van der Waals surface area (Å²) in [7, 11) is 0. The van der Waals surface area contributed by atoms with E-state index in [1.54, 1.807) is 0 Å². The van der Waals surface area contributed by atoms with Gasteiger partial charge in [0.2, 0.25) is 5.91 Å². The van der Waals surface area contributed by atoms with Crippen LogP contribution in [-0.4, -0.2) is 22.9 Å². The molecule has 0 bridgehead atoms. The second-order valence-corrected chi connectivity index (χ2v) is 6.50. The molecule has 2 aliphatic rings. The van der Waals surface area contributed by atoms with Crippen molar-refractivity contribution in [1.82, 2.24) is 10.2 Å². The first-order valence-corrected chi connectivity index (χ1v) is 7.79. The number of nitrogens with one attached hydrogen (secondary N) is 1. The molecule has 0 radical (unpaired) electrons. The fourth-order valence-electron chi connectivity index (χ4n) is 3.54. The molecule has 1 saturated heterocycles. The van der Waals surface area contributed by atoms with Gasteiger partial charge in [-0.3, -0.25) is 10.1 Å². The molecule has 0 aromatic heterocycles. The van der Waals surface area contributed by atoms with Gasteiger partial charge in [0, 0.05) is 11.1 Å². The van der Waals surface area contributed by atoms with Crippen LogP contribution in [0.3, 0.4) is 0 Å². The van der Waals surface area contributed by atoms with E-state index in [1.807, 2.05) is 31.2 Å². The zero-order chi connectivity index (χ0) is 14.3. The van der Waals surface area contributed by atoms with Crippen molar-refractivity contribution in [2.75, 3.05) is 0 Å². The minimum Gasteiger partial charge on any atom is -0.318 e. The van der Waals surface area contributed by atoms with Gasteiger partial charge >= 0.3 is 0 Å². The SMILES string of the molecule is CC1NC(c2ccc(Cl)cc2)N(C2CCCC2C)C1=O. The maximum absolute atomic E-state index is 12.5. The number of hydrogen-bond donors (Lipinski definition) is 1. The summed E-state index contributed by atoms with van der Waals surface area (Å²) in [6.07, 6.45) is 3.54. The van der Waals surface area contributed by atoms with Crippen LogP contribution in [0.5, 0.6) is 0 Å². The molecule has 0 spiro atoms. The van der Waals surface area contributed by atoms with Crippen LogP contribution in [0.2, 0.25) is 5.02 Å². The Morgan fingerprint density at radius 3 is 2.50 bits per heavy atom. The largest absolute Gasteiger partial charge is 0.318 e. The molecule has 20 heavy (non-hydrogen) atoms. The number of rotatable bonds is 2. The Morgan fingerprint density at radius 1 is 1.20 bits per heavy atom. The summed E-state index contributed by atoms with van der Waals surface area (Å²) in [5, 5.41) is 4.15. The Labute approximate surface area is 125 Å². The Morgan fingerprint density at radius 2 is 1.90 bits per heavy atom. The second kappa shape index (κ2) is 5.38. The van der Waals surface area contributed by atoms with Crippen molar-refractivity contribution in [3.8, 4) is 0 Å². The minimum atomic E-state index is -0.108. The maximum Gasteiger partial charge on any atom is 0.241 e. The van der Waals surface area contributed by atoms with Crippen LogP contribution in [0, 0.1) is 5.92 Å². The quantitative estimate of drug-likeness (QED) is 0.907. The van der Waals surface area contributed by atoms with Gasteiger partial charge in [0.1, 0.15) is 6.17 Å². The van der Waals surface area contributed by atoms with Gasteiger partial charge in [-0.25, -0.2) is 0 Å². The molecule has 4 unspecified atom stereocenters. The molecule has 4 heteroatoms. The lowest BCUT2D eigenvalue weighted by molar-refractivity contribution is -0.132. The lowest BCUT2D eigenvalue weighted by Crippen LogP contribution is -2.41. The molecule has 1 amide bonds. The van der Waals surface area contributed by atoms with E-state index in [-0.39, 0.29) is 18.1 Å². The average molecular weight is 293 g/mol. The highest BCUT2D eigenvalue weighted by molar-refractivity contribution is 6.30. The third-order valence-corrected chi connectivity index (χ3v) is 4.92. The molecule has 108 valence electrons. The summed E-state index contributed by atoms with van der Waals surface area (Å²) in [4.78, 5) is 14.6. The first-order valence-electron chi connectivity index (χ1n) is 7.41. The standard InChI is InChI=1S/C16H21ClN2O/c1-10-4-3-5-14(10)19-15(18-11(2)16(19)20)12-6-8-13(17)9-7-12/h6-11,14-15,18H,3-5H2,1-2H3. The van der Waals surface area contributed by atoms with Crippen LogP contribution >= 0.6 is 11.6 Å². The molecule has 1 aromatic rings. The first kappa shape index (κ1) is 13.9. The van der Waals surface area contributed by atoms with Crippen LogP contribution in [0.15, 0.2) is 24.3 Å². The van der Waals surface area contributed by atoms with E-state index in [9.17, 15) is 4.79 Å². The fourth-order valence-corrected chi connectivity index (χ4v) is 3.66. The van der Waals surface area contributed by atoms with E-state index in [0.29, 0.717) is 12.0 Å². The van der Waals surface area contributed by atoms with E-state index in [1.165, 1.54) is 12.8 Å². The molecule has 2 fully saturated rings. The summed E-state index contributed by atoms with van der Waals surface area (Å²) in [6.45, 7) is 4.21. The number of benzene rings is 1. The molecule has 3 rings (SSSR count). The Kier molecular flexibility index (Phi) is 3.74. The fraction of sp³-hybridized carbons (Fsp3) is 0.562. The van der Waals surface area contributed by atoms with Crippen molar-refractivity contribution in [2.24, 2.45) is 5.92 Å². The number of halogens is 1. The van der Waals surface area contributed by atoms with Crippen molar-refractivity contribution in [3.05, 3.63) is 34.9 Å². The highest BCUT2D eigenvalue weighted by Crippen LogP contribution is 2.37. The summed E-state index contributed by atoms with van der Waals surface area (Å²) in [5.41, 5.74) is 1.12. The average Bonchev–Trinajstić information content (AvgIpc) is 2.96. The lowest BCUT2D eigenvalue weighted by atomic mass is 10.0. The number of carbonyl (C=O) groups excluding carboxylic acids is 1. The molecule has 1 heterocycles. The third-order valence-electron chi connectivity index (χ3n) is 4.67. The van der Waals surface area contributed by atoms with Gasteiger partial charge in [0.05, 0.1) is 6.04 Å². The van der Waals surface area contributed by atoms with E-state index in [2.05, 4.69) is 17.1 Å². The van der Waals surface area contributed by atoms with E-state index in [0.717, 1.165) is 17.0 Å². The Hall–Kier alpha value is -1.06. The van der Waals surface area contributed by atoms with E-state index in [4.69, 9.17) is 11.6 Å². The van der Waals surface area contributed by atoms with Crippen molar-refractivity contribution in [1.29, 1.82) is 0 Å². The van der Waals surface area contributed by atoms with E-state index >= 15 is 0 Å². The van der Waals surface area contributed by atoms with Crippen molar-refractivity contribution >= 4 is 17.5 Å². The molecular formula is C16H21ClN2O. The number of nitrogens with zero attached hydrogens (tertiary/aromatic N) is 1. The molecule has 1 saturated carbocycles. The van der Waals surface area contributed by atoms with Crippen LogP contribution < -0.4 is 5.32 Å². The second-order valence-electron chi connectivity index (χ2n) is 6.06. The van der Waals surface area contributed by atoms with E-state index < -0.39 is 0 Å². The molecular weight excluding hydrogens is 272 g/mol. The van der Waals surface area contributed by atoms with Crippen molar-refractivity contribution in [3.63, 3.8) is 0 Å². The van der Waals surface area contributed by atoms with Gasteiger partial charge in [-0.15, -0.1) is 0 Å². The van der Waals surface area contributed by atoms with Gasteiger partial charge in [0.15, 0.2) is 0 Å². The van der Waals surface area contributed by atoms with Gasteiger partial charge in [-0.05, 0) is 43.4 Å². The topological polar surface area (TPSA) is 32.3 Å². The smallest absolute Gasteiger partial charge is 0.241 e. The maximum atomic E-state index is 12.5. The zero-order valence-corrected chi connectivity index (χ0v) is 12.7. The van der Waals surface area contributed by atoms with Crippen molar-refractivity contribution in [2.45, 2.75) is 51.4 Å². The number of hydrogen-bond acceptors (Lipinski definition) is 2. The lowest BCUT2D eigenvalue weighted by Gasteiger charge is -2.33. The summed E-state index contributed by atoms with van der Waals surface area (Å²) < 4.78 is 0. The van der Waals surface area contributed by atoms with Gasteiger partial charge in [0.25, 0.3) is 0 Å². The predicted molar refractivity (Wildman–Crippen MR) is 80.4 cm³/mol. The predicted octanol–water partition coefficient (Wildman–Crippen LogP) is 3.35. The Balaban J connectivity index is 1.91. The molecule has 1 N–H and O–H groups in total. The highest BCUT2D eigenvalue weighted by atomic mass is 35.5. The van der Waals surface area contributed by atoms with Crippen LogP contribution in [0.25, 0.3) is 0 Å². The van der Waals surface area contributed by atoms with Gasteiger partial charge in [-0.2, -0.15) is 0 Å². The van der Waals surface area contributed by atoms with Crippen molar-refractivity contribution < 1.29 is 4.79 Å². The van der Waals surface area contributed by atoms with Crippen LogP contribution in [-0.2, 0) is 4.79 Å². The summed E-state index contributed by atoms with van der Waals surface area (Å²) in [5.74, 6) is 0.810. The molecule has 3 nitrogen and oxygen atoms in total. The van der Waals surface area contributed by atoms with Crippen LogP contribution in [0.4, 0.5) is 0 Å². The Bertz CT molecular complexity index is 502. The molecule has 1 aliphatic carbocycles. The molecule has 1 aromatic carbocycles. The van der Waals surface area contributed by atoms with Gasteiger partial charge < -0.3 is 4.90 Å². The first-order chi connectivity index (χ1) is 9.58. The number of carbonyl (C=O) groups is 1. The molecule has 4 atom stereocenters. The normalized spacial score (nSPS) is 34.0. The molecule has 1 aliphatic heterocycles. The highest BCUT2D eigenvalue weighted by Gasteiger charge is 2.43. The summed E-state index contributed by atoms with van der Waals surface area (Å²) >= 11 is 5.96. The van der Waals surface area contributed by atoms with Gasteiger partial charge in [-0.1, -0.05) is 37.1 Å². The number of amides is 1.